The van der Waals surface area contributed by atoms with E-state index in [9.17, 15) is 28.8 Å². The Kier molecular flexibility index (Phi) is 8.68. The number of hydrogen-bond donors (Lipinski definition) is 0. The highest BCUT2D eigenvalue weighted by molar-refractivity contribution is 6.05. The molecule has 2 rings (SSSR count). The molecule has 176 valence electrons. The van der Waals surface area contributed by atoms with Crippen molar-refractivity contribution in [3.05, 3.63) is 12.2 Å². The van der Waals surface area contributed by atoms with Gasteiger partial charge in [-0.15, -0.1) is 0 Å². The fraction of sp³-hybridized carbons (Fsp3) is 0.636. The van der Waals surface area contributed by atoms with E-state index in [0.717, 1.165) is 12.2 Å². The summed E-state index contributed by atoms with van der Waals surface area (Å²) in [5, 5.41) is 0. The van der Waals surface area contributed by atoms with Crippen LogP contribution < -0.4 is 0 Å². The van der Waals surface area contributed by atoms with Gasteiger partial charge in [-0.05, 0) is 12.8 Å². The molecule has 0 aromatic heterocycles. The molecule has 2 saturated heterocycles. The Balaban J connectivity index is 1.60. The van der Waals surface area contributed by atoms with Crippen LogP contribution in [-0.2, 0) is 38.2 Å². The Morgan fingerprint density at radius 3 is 1.22 bits per heavy atom. The number of ether oxygens (including phenoxy) is 2. The second-order valence-corrected chi connectivity index (χ2v) is 8.19. The van der Waals surface area contributed by atoms with E-state index < -0.39 is 11.9 Å². The van der Waals surface area contributed by atoms with Gasteiger partial charge in [0.15, 0.2) is 0 Å². The lowest BCUT2D eigenvalue weighted by molar-refractivity contribution is -0.143. The van der Waals surface area contributed by atoms with Gasteiger partial charge in [-0.3, -0.25) is 29.0 Å². The summed E-state index contributed by atoms with van der Waals surface area (Å²) in [6.45, 7) is 7.17. The Morgan fingerprint density at radius 1 is 0.656 bits per heavy atom. The minimum atomic E-state index is -0.751. The van der Waals surface area contributed by atoms with Crippen LogP contribution in [0.3, 0.4) is 0 Å². The number of carbonyl (C=O) groups is 6. The molecule has 10 heteroatoms. The van der Waals surface area contributed by atoms with Crippen molar-refractivity contribution in [2.45, 2.75) is 40.5 Å². The highest BCUT2D eigenvalue weighted by Crippen LogP contribution is 2.26. The first-order valence-corrected chi connectivity index (χ1v) is 10.8. The molecule has 0 aromatic rings. The zero-order valence-corrected chi connectivity index (χ0v) is 18.9. The lowest BCUT2D eigenvalue weighted by Gasteiger charge is -2.14. The van der Waals surface area contributed by atoms with E-state index in [1.54, 1.807) is 27.7 Å². The first kappa shape index (κ1) is 25.2. The number of carbonyl (C=O) groups excluding carboxylic acids is 6. The fourth-order valence-corrected chi connectivity index (χ4v) is 3.52. The smallest absolute Gasteiger partial charge is 0.331 e. The summed E-state index contributed by atoms with van der Waals surface area (Å²) < 4.78 is 9.90. The SMILES string of the molecule is C[C@@H]1C(=O)N(CCCOC(=O)/C=C/C(=O)OCCCN2C(=O)[C@@H](C)[C@@H](C)C2=O)C(=O)[C@@H]1C. The third kappa shape index (κ3) is 5.80. The predicted molar refractivity (Wildman–Crippen MR) is 110 cm³/mol. The largest absolute Gasteiger partial charge is 0.462 e. The normalized spacial score (nSPS) is 25.9. The second kappa shape index (κ2) is 11.0. The lowest BCUT2D eigenvalue weighted by atomic mass is 10.00. The molecule has 0 radical (unpaired) electrons. The average Bonchev–Trinajstić information content (AvgIpc) is 3.06. The van der Waals surface area contributed by atoms with Crippen molar-refractivity contribution in [3.8, 4) is 0 Å². The maximum absolute atomic E-state index is 12.0. The van der Waals surface area contributed by atoms with Crippen molar-refractivity contribution in [2.24, 2.45) is 23.7 Å². The van der Waals surface area contributed by atoms with Gasteiger partial charge in [0.25, 0.3) is 0 Å². The van der Waals surface area contributed by atoms with Gasteiger partial charge < -0.3 is 9.47 Å². The number of imide groups is 2. The number of rotatable bonds is 10. The monoisotopic (exact) mass is 450 g/mol. The van der Waals surface area contributed by atoms with Gasteiger partial charge in [0.1, 0.15) is 0 Å². The summed E-state index contributed by atoms with van der Waals surface area (Å²) in [4.78, 5) is 73.6. The van der Waals surface area contributed by atoms with Gasteiger partial charge in [0, 0.05) is 48.9 Å². The van der Waals surface area contributed by atoms with Crippen LogP contribution in [0.15, 0.2) is 12.2 Å². The van der Waals surface area contributed by atoms with E-state index in [4.69, 9.17) is 9.47 Å². The zero-order valence-electron chi connectivity index (χ0n) is 18.9. The van der Waals surface area contributed by atoms with Crippen molar-refractivity contribution in [1.82, 2.24) is 9.80 Å². The first-order chi connectivity index (χ1) is 15.1. The molecular formula is C22H30N2O8. The van der Waals surface area contributed by atoms with Crippen LogP contribution in [0.2, 0.25) is 0 Å². The summed E-state index contributed by atoms with van der Waals surface area (Å²) in [6.07, 6.45) is 2.45. The maximum Gasteiger partial charge on any atom is 0.331 e. The summed E-state index contributed by atoms with van der Waals surface area (Å²) in [5.41, 5.74) is 0. The highest BCUT2D eigenvalue weighted by atomic mass is 16.5. The van der Waals surface area contributed by atoms with E-state index in [1.165, 1.54) is 9.80 Å². The molecule has 10 nitrogen and oxygen atoms in total. The Morgan fingerprint density at radius 2 is 0.938 bits per heavy atom. The van der Waals surface area contributed by atoms with Gasteiger partial charge in [-0.1, -0.05) is 27.7 Å². The van der Waals surface area contributed by atoms with Crippen molar-refractivity contribution in [3.63, 3.8) is 0 Å². The molecule has 32 heavy (non-hydrogen) atoms. The zero-order chi connectivity index (χ0) is 24.0. The Labute approximate surface area is 186 Å². The van der Waals surface area contributed by atoms with Crippen LogP contribution in [-0.4, -0.2) is 71.7 Å². The summed E-state index contributed by atoms with van der Waals surface area (Å²) in [7, 11) is 0. The maximum atomic E-state index is 12.0. The molecule has 2 heterocycles. The number of amides is 4. The third-order valence-corrected chi connectivity index (χ3v) is 6.02. The molecule has 0 aromatic carbocycles. The molecule has 2 aliphatic heterocycles. The van der Waals surface area contributed by atoms with Crippen LogP contribution in [0.4, 0.5) is 0 Å². The third-order valence-electron chi connectivity index (χ3n) is 6.02. The average molecular weight is 450 g/mol. The van der Waals surface area contributed by atoms with Crippen molar-refractivity contribution in [2.75, 3.05) is 26.3 Å². The Hall–Kier alpha value is -3.04. The van der Waals surface area contributed by atoms with Crippen molar-refractivity contribution in [1.29, 1.82) is 0 Å². The molecule has 0 unspecified atom stereocenters. The van der Waals surface area contributed by atoms with Gasteiger partial charge in [-0.25, -0.2) is 9.59 Å². The minimum absolute atomic E-state index is 0.00716. The standard InChI is InChI=1S/C22H30N2O8/c1-13-14(2)20(28)23(19(13)27)9-5-11-31-17(25)7-8-18(26)32-12-6-10-24-21(29)15(3)16(4)22(24)30/h7-8,13-16H,5-6,9-12H2,1-4H3/b8-7+/t13-,14+,15-,16+. The van der Waals surface area contributed by atoms with E-state index in [0.29, 0.717) is 12.8 Å². The topological polar surface area (TPSA) is 127 Å². The van der Waals surface area contributed by atoms with E-state index in [1.807, 2.05) is 0 Å². The molecule has 4 atom stereocenters. The molecular weight excluding hydrogens is 420 g/mol. The number of hydrogen-bond acceptors (Lipinski definition) is 8. The van der Waals surface area contributed by atoms with Gasteiger partial charge in [-0.2, -0.15) is 0 Å². The molecule has 2 fully saturated rings. The quantitative estimate of drug-likeness (QED) is 0.206. The van der Waals surface area contributed by atoms with Gasteiger partial charge in [0.05, 0.1) is 13.2 Å². The van der Waals surface area contributed by atoms with Crippen LogP contribution in [0.1, 0.15) is 40.5 Å². The lowest BCUT2D eigenvalue weighted by Crippen LogP contribution is -2.32. The molecule has 0 aliphatic carbocycles. The molecule has 4 amide bonds. The summed E-state index contributed by atoms with van der Waals surface area (Å²) in [5.74, 6) is -3.77. The summed E-state index contributed by atoms with van der Waals surface area (Å²) in [6, 6.07) is 0. The molecule has 0 spiro atoms. The van der Waals surface area contributed by atoms with Crippen LogP contribution in [0.5, 0.6) is 0 Å². The molecule has 0 saturated carbocycles. The number of nitrogens with zero attached hydrogens (tertiary/aromatic N) is 2. The predicted octanol–water partition coefficient (Wildman–Crippen LogP) is 0.691. The molecule has 0 N–H and O–H groups in total. The van der Waals surface area contributed by atoms with Gasteiger partial charge in [0.2, 0.25) is 23.6 Å². The van der Waals surface area contributed by atoms with Crippen LogP contribution >= 0.6 is 0 Å². The molecule has 0 bridgehead atoms. The van der Waals surface area contributed by atoms with Crippen LogP contribution in [0.25, 0.3) is 0 Å². The number of esters is 2. The van der Waals surface area contributed by atoms with Crippen molar-refractivity contribution >= 4 is 35.6 Å². The second-order valence-electron chi connectivity index (χ2n) is 8.19. The van der Waals surface area contributed by atoms with E-state index >= 15 is 0 Å². The first-order valence-electron chi connectivity index (χ1n) is 10.8. The van der Waals surface area contributed by atoms with E-state index in [2.05, 4.69) is 0 Å². The van der Waals surface area contributed by atoms with E-state index in [-0.39, 0.29) is 73.6 Å². The highest BCUT2D eigenvalue weighted by Gasteiger charge is 2.42. The van der Waals surface area contributed by atoms with Crippen LogP contribution in [0, 0.1) is 23.7 Å². The molecule has 2 aliphatic rings. The van der Waals surface area contributed by atoms with Gasteiger partial charge >= 0.3 is 11.9 Å². The minimum Gasteiger partial charge on any atom is -0.462 e. The Bertz CT molecular complexity index is 715. The fourth-order valence-electron chi connectivity index (χ4n) is 3.52. The van der Waals surface area contributed by atoms with Crippen molar-refractivity contribution < 1.29 is 38.2 Å². The summed E-state index contributed by atoms with van der Waals surface area (Å²) >= 11 is 0. The number of likely N-dealkylation sites (tertiary alicyclic amines) is 2.